The highest BCUT2D eigenvalue weighted by molar-refractivity contribution is 6.14. The lowest BCUT2D eigenvalue weighted by molar-refractivity contribution is 1.30. The van der Waals surface area contributed by atoms with Crippen LogP contribution in [0.2, 0.25) is 0 Å². The topological polar surface area (TPSA) is 3.24 Å². The highest BCUT2D eigenvalue weighted by atomic mass is 15.1. The number of nitrogens with zero attached hydrogens (tertiary/aromatic N) is 1. The van der Waals surface area contributed by atoms with Crippen LogP contribution in [0.5, 0.6) is 0 Å². The van der Waals surface area contributed by atoms with E-state index in [1.807, 2.05) is 0 Å². The monoisotopic (exact) mass is 673 g/mol. The summed E-state index contributed by atoms with van der Waals surface area (Å²) < 4.78 is 0. The molecule has 10 rings (SSSR count). The Morgan fingerprint density at radius 3 is 1.66 bits per heavy atom. The lowest BCUT2D eigenvalue weighted by Gasteiger charge is -2.30. The lowest BCUT2D eigenvalue weighted by Crippen LogP contribution is -2.12. The molecule has 0 aliphatic rings. The molecule has 10 aromatic rings. The molecule has 248 valence electrons. The molecule has 10 aromatic carbocycles. The predicted octanol–water partition coefficient (Wildman–Crippen LogP) is 14.8. The quantitative estimate of drug-likeness (QED) is 0.159. The molecule has 1 heteroatoms. The maximum Gasteiger partial charge on any atom is 0.0546 e. The van der Waals surface area contributed by atoms with Crippen molar-refractivity contribution in [1.29, 1.82) is 0 Å². The van der Waals surface area contributed by atoms with Gasteiger partial charge in [-0.2, -0.15) is 0 Å². The van der Waals surface area contributed by atoms with Crippen LogP contribution >= 0.6 is 0 Å². The Kier molecular flexibility index (Phi) is 7.55. The minimum absolute atomic E-state index is 1.10. The van der Waals surface area contributed by atoms with Gasteiger partial charge >= 0.3 is 0 Å². The first-order chi connectivity index (χ1) is 26.3. The molecule has 53 heavy (non-hydrogen) atoms. The van der Waals surface area contributed by atoms with E-state index >= 15 is 0 Å². The predicted molar refractivity (Wildman–Crippen MR) is 227 cm³/mol. The summed E-state index contributed by atoms with van der Waals surface area (Å²) in [6.45, 7) is 0. The first-order valence-corrected chi connectivity index (χ1v) is 18.3. The highest BCUT2D eigenvalue weighted by Crippen LogP contribution is 2.46. The number of fused-ring (bicyclic) bond motifs is 5. The summed E-state index contributed by atoms with van der Waals surface area (Å²) in [6.07, 6.45) is 0. The largest absolute Gasteiger partial charge is 0.309 e. The Labute approximate surface area is 309 Å². The Morgan fingerprint density at radius 1 is 0.245 bits per heavy atom. The van der Waals surface area contributed by atoms with Crippen LogP contribution in [0.1, 0.15) is 0 Å². The fourth-order valence-corrected chi connectivity index (χ4v) is 8.02. The number of anilines is 3. The van der Waals surface area contributed by atoms with Crippen molar-refractivity contribution in [1.82, 2.24) is 0 Å². The van der Waals surface area contributed by atoms with Crippen molar-refractivity contribution < 1.29 is 0 Å². The van der Waals surface area contributed by atoms with E-state index in [-0.39, 0.29) is 0 Å². The van der Waals surface area contributed by atoms with E-state index < -0.39 is 0 Å². The second-order valence-electron chi connectivity index (χ2n) is 13.7. The van der Waals surface area contributed by atoms with Gasteiger partial charge in [-0.05, 0) is 102 Å². The fourth-order valence-electron chi connectivity index (χ4n) is 8.02. The molecule has 0 aromatic heterocycles. The number of benzene rings is 10. The SMILES string of the molecule is c1ccc(-c2ccc(-c3cc4ccccc4c4ccccc34)cc2N(c2ccc(-c3ccc4ccccc4c3)cc2)c2cccc3ccccc23)cc1. The second kappa shape index (κ2) is 13.0. The third-order valence-electron chi connectivity index (χ3n) is 10.6. The molecule has 0 bridgehead atoms. The van der Waals surface area contributed by atoms with E-state index in [1.165, 1.54) is 76.5 Å². The van der Waals surface area contributed by atoms with Gasteiger partial charge in [-0.1, -0.05) is 176 Å². The zero-order valence-corrected chi connectivity index (χ0v) is 29.2. The minimum Gasteiger partial charge on any atom is -0.309 e. The average molecular weight is 674 g/mol. The Morgan fingerprint density at radius 2 is 0.849 bits per heavy atom. The van der Waals surface area contributed by atoms with Crippen LogP contribution in [0.25, 0.3) is 76.5 Å². The molecule has 0 atom stereocenters. The zero-order chi connectivity index (χ0) is 35.1. The summed E-state index contributed by atoms with van der Waals surface area (Å²) in [5, 5.41) is 9.95. The standard InChI is InChI=1S/C52H35N/c1-2-14-38(15-3-1)47-32-29-43(50-34-42-18-7-8-20-45(42)48-22-10-11-23-49(48)50)35-52(47)53(51-24-12-19-39-16-6-9-21-46(39)51)44-30-27-37(28-31-44)41-26-25-36-13-4-5-17-40(36)33-41/h1-35H. The molecule has 0 saturated heterocycles. The van der Waals surface area contributed by atoms with Crippen LogP contribution < -0.4 is 4.90 Å². The van der Waals surface area contributed by atoms with E-state index in [9.17, 15) is 0 Å². The Bertz CT molecular complexity index is 2940. The summed E-state index contributed by atoms with van der Waals surface area (Å²) in [5.74, 6) is 0. The molecule has 0 heterocycles. The van der Waals surface area contributed by atoms with Gasteiger partial charge in [-0.3, -0.25) is 0 Å². The van der Waals surface area contributed by atoms with E-state index in [4.69, 9.17) is 0 Å². The van der Waals surface area contributed by atoms with Crippen molar-refractivity contribution >= 4 is 60.2 Å². The maximum absolute atomic E-state index is 2.46. The molecule has 0 radical (unpaired) electrons. The third kappa shape index (κ3) is 5.51. The van der Waals surface area contributed by atoms with Crippen molar-refractivity contribution in [3.8, 4) is 33.4 Å². The van der Waals surface area contributed by atoms with Gasteiger partial charge in [0.05, 0.1) is 11.4 Å². The van der Waals surface area contributed by atoms with Crippen molar-refractivity contribution in [3.63, 3.8) is 0 Å². The molecular formula is C52H35N. The molecule has 0 amide bonds. The molecule has 0 spiro atoms. The molecule has 0 N–H and O–H groups in total. The van der Waals surface area contributed by atoms with Gasteiger partial charge in [-0.15, -0.1) is 0 Å². The molecule has 0 aliphatic carbocycles. The Hall–Kier alpha value is -6.96. The minimum atomic E-state index is 1.10. The molecule has 0 unspecified atom stereocenters. The van der Waals surface area contributed by atoms with Gasteiger partial charge in [-0.25, -0.2) is 0 Å². The summed E-state index contributed by atoms with van der Waals surface area (Å²) in [7, 11) is 0. The van der Waals surface area contributed by atoms with Crippen LogP contribution in [-0.2, 0) is 0 Å². The van der Waals surface area contributed by atoms with Gasteiger partial charge in [0.25, 0.3) is 0 Å². The molecule has 1 nitrogen and oxygen atoms in total. The van der Waals surface area contributed by atoms with Crippen LogP contribution in [0.4, 0.5) is 17.1 Å². The molecular weight excluding hydrogens is 639 g/mol. The third-order valence-corrected chi connectivity index (χ3v) is 10.6. The lowest BCUT2D eigenvalue weighted by atomic mass is 9.91. The van der Waals surface area contributed by atoms with Crippen molar-refractivity contribution in [2.75, 3.05) is 4.90 Å². The smallest absolute Gasteiger partial charge is 0.0546 e. The average Bonchev–Trinajstić information content (AvgIpc) is 3.24. The molecule has 0 saturated carbocycles. The van der Waals surface area contributed by atoms with Crippen molar-refractivity contribution in [2.24, 2.45) is 0 Å². The fraction of sp³-hybridized carbons (Fsp3) is 0. The number of hydrogen-bond donors (Lipinski definition) is 0. The van der Waals surface area contributed by atoms with E-state index in [0.29, 0.717) is 0 Å². The normalized spacial score (nSPS) is 11.4. The number of rotatable bonds is 6. The second-order valence-corrected chi connectivity index (χ2v) is 13.7. The van der Waals surface area contributed by atoms with Gasteiger partial charge in [0, 0.05) is 16.6 Å². The molecule has 0 aliphatic heterocycles. The van der Waals surface area contributed by atoms with Crippen LogP contribution in [0, 0.1) is 0 Å². The highest BCUT2D eigenvalue weighted by Gasteiger charge is 2.21. The van der Waals surface area contributed by atoms with Gasteiger partial charge in [0.1, 0.15) is 0 Å². The van der Waals surface area contributed by atoms with Crippen LogP contribution in [0.15, 0.2) is 212 Å². The van der Waals surface area contributed by atoms with Gasteiger partial charge < -0.3 is 4.90 Å². The molecule has 0 fully saturated rings. The summed E-state index contributed by atoms with van der Waals surface area (Å²) in [6, 6.07) is 77.4. The van der Waals surface area contributed by atoms with Crippen LogP contribution in [0.3, 0.4) is 0 Å². The van der Waals surface area contributed by atoms with E-state index in [2.05, 4.69) is 217 Å². The Balaban J connectivity index is 1.22. The van der Waals surface area contributed by atoms with E-state index in [0.717, 1.165) is 17.1 Å². The summed E-state index contributed by atoms with van der Waals surface area (Å²) in [4.78, 5) is 2.46. The first-order valence-electron chi connectivity index (χ1n) is 18.3. The van der Waals surface area contributed by atoms with Gasteiger partial charge in [0.2, 0.25) is 0 Å². The van der Waals surface area contributed by atoms with E-state index in [1.54, 1.807) is 0 Å². The summed E-state index contributed by atoms with van der Waals surface area (Å²) >= 11 is 0. The zero-order valence-electron chi connectivity index (χ0n) is 29.2. The van der Waals surface area contributed by atoms with Crippen molar-refractivity contribution in [2.45, 2.75) is 0 Å². The maximum atomic E-state index is 2.46. The number of hydrogen-bond acceptors (Lipinski definition) is 1. The summed E-state index contributed by atoms with van der Waals surface area (Å²) in [5.41, 5.74) is 10.5. The van der Waals surface area contributed by atoms with Crippen LogP contribution in [-0.4, -0.2) is 0 Å². The van der Waals surface area contributed by atoms with Gasteiger partial charge in [0.15, 0.2) is 0 Å². The first kappa shape index (κ1) is 30.8. The van der Waals surface area contributed by atoms with Crippen molar-refractivity contribution in [3.05, 3.63) is 212 Å².